The standard InChI is InChI=1S/C27H35FN4O5/c1-29-26(33)5-4-12-30-27(34-3)32(2)23-8-6-21(7-9-23)19-36-24-15-22(28)16-25(17-24)37-31-18-20-10-13-35-14-11-20/h6-9,15-18,20H,4-5,10-14,19H2,1-3H3,(H,29,33). The summed E-state index contributed by atoms with van der Waals surface area (Å²) in [7, 11) is 5.03. The van der Waals surface area contributed by atoms with Gasteiger partial charge in [-0.1, -0.05) is 17.3 Å². The molecule has 1 aliphatic rings. The second kappa shape index (κ2) is 14.8. The molecule has 0 unspecified atom stereocenters. The molecule has 1 N–H and O–H groups in total. The molecule has 1 aliphatic heterocycles. The van der Waals surface area contributed by atoms with Crippen molar-refractivity contribution >= 4 is 23.8 Å². The van der Waals surface area contributed by atoms with Crippen LogP contribution in [-0.2, 0) is 20.9 Å². The van der Waals surface area contributed by atoms with E-state index in [2.05, 4.69) is 15.5 Å². The van der Waals surface area contributed by atoms with Gasteiger partial charge in [0.05, 0.1) is 7.11 Å². The van der Waals surface area contributed by atoms with Crippen LogP contribution in [0.1, 0.15) is 31.2 Å². The van der Waals surface area contributed by atoms with Crippen molar-refractivity contribution in [2.24, 2.45) is 16.1 Å². The number of benzene rings is 2. The number of methoxy groups -OCH3 is 1. The lowest BCUT2D eigenvalue weighted by molar-refractivity contribution is -0.120. The molecule has 9 nitrogen and oxygen atoms in total. The van der Waals surface area contributed by atoms with Crippen LogP contribution in [0.15, 0.2) is 52.6 Å². The molecule has 37 heavy (non-hydrogen) atoms. The van der Waals surface area contributed by atoms with Crippen LogP contribution >= 0.6 is 0 Å². The van der Waals surface area contributed by atoms with Crippen LogP contribution in [0.4, 0.5) is 10.1 Å². The smallest absolute Gasteiger partial charge is 0.291 e. The van der Waals surface area contributed by atoms with Gasteiger partial charge in [0.25, 0.3) is 6.02 Å². The molecule has 0 bridgehead atoms. The van der Waals surface area contributed by atoms with Gasteiger partial charge < -0.3 is 24.4 Å². The Labute approximate surface area is 217 Å². The van der Waals surface area contributed by atoms with Crippen molar-refractivity contribution in [2.45, 2.75) is 32.3 Å². The quantitative estimate of drug-likeness (QED) is 0.210. The second-order valence-electron chi connectivity index (χ2n) is 8.58. The first-order chi connectivity index (χ1) is 18.0. The normalized spacial score (nSPS) is 14.4. The van der Waals surface area contributed by atoms with Crippen LogP contribution in [0, 0.1) is 11.7 Å². The number of amides is 1. The van der Waals surface area contributed by atoms with Crippen LogP contribution in [0.25, 0.3) is 0 Å². The van der Waals surface area contributed by atoms with E-state index in [1.807, 2.05) is 36.2 Å². The van der Waals surface area contributed by atoms with Gasteiger partial charge in [0.2, 0.25) is 5.91 Å². The third-order valence-corrected chi connectivity index (χ3v) is 5.83. The maximum Gasteiger partial charge on any atom is 0.291 e. The zero-order chi connectivity index (χ0) is 26.5. The van der Waals surface area contributed by atoms with Crippen LogP contribution in [0.5, 0.6) is 11.5 Å². The van der Waals surface area contributed by atoms with E-state index in [-0.39, 0.29) is 18.3 Å². The highest BCUT2D eigenvalue weighted by molar-refractivity contribution is 5.91. The summed E-state index contributed by atoms with van der Waals surface area (Å²) in [5, 5.41) is 6.60. The van der Waals surface area contributed by atoms with Gasteiger partial charge in [-0.25, -0.2) is 9.38 Å². The fourth-order valence-electron chi connectivity index (χ4n) is 3.66. The van der Waals surface area contributed by atoms with E-state index in [0.29, 0.717) is 50.3 Å². The number of aliphatic imine (C=N–C) groups is 1. The Kier molecular flexibility index (Phi) is 11.2. The number of halogens is 1. The fraction of sp³-hybridized carbons (Fsp3) is 0.444. The predicted molar refractivity (Wildman–Crippen MR) is 141 cm³/mol. The topological polar surface area (TPSA) is 94.0 Å². The van der Waals surface area contributed by atoms with Crippen molar-refractivity contribution in [2.75, 3.05) is 45.9 Å². The summed E-state index contributed by atoms with van der Waals surface area (Å²) < 4.78 is 30.6. The minimum Gasteiger partial charge on any atom is -0.489 e. The number of nitrogens with zero attached hydrogens (tertiary/aromatic N) is 3. The monoisotopic (exact) mass is 514 g/mol. The Morgan fingerprint density at radius 3 is 2.62 bits per heavy atom. The second-order valence-corrected chi connectivity index (χ2v) is 8.58. The first-order valence-electron chi connectivity index (χ1n) is 12.3. The number of carbonyl (C=O) groups excluding carboxylic acids is 1. The highest BCUT2D eigenvalue weighted by Crippen LogP contribution is 2.24. The molecule has 0 saturated carbocycles. The maximum absolute atomic E-state index is 14.1. The van der Waals surface area contributed by atoms with E-state index >= 15 is 0 Å². The molecule has 0 aliphatic carbocycles. The van der Waals surface area contributed by atoms with Crippen LogP contribution < -0.4 is 19.8 Å². The van der Waals surface area contributed by atoms with Crippen molar-refractivity contribution < 1.29 is 28.2 Å². The van der Waals surface area contributed by atoms with Gasteiger partial charge in [-0.3, -0.25) is 9.69 Å². The van der Waals surface area contributed by atoms with E-state index < -0.39 is 5.82 Å². The maximum atomic E-state index is 14.1. The largest absolute Gasteiger partial charge is 0.489 e. The highest BCUT2D eigenvalue weighted by atomic mass is 19.1. The van der Waals surface area contributed by atoms with Crippen molar-refractivity contribution in [1.82, 2.24) is 5.32 Å². The predicted octanol–water partition coefficient (Wildman–Crippen LogP) is 4.16. The number of hydrogen-bond donors (Lipinski definition) is 1. The minimum atomic E-state index is -0.465. The molecule has 10 heteroatoms. The van der Waals surface area contributed by atoms with Crippen LogP contribution in [0.2, 0.25) is 0 Å². The van der Waals surface area contributed by atoms with E-state index in [0.717, 1.165) is 24.1 Å². The average Bonchev–Trinajstić information content (AvgIpc) is 2.92. The van der Waals surface area contributed by atoms with Crippen molar-refractivity contribution in [3.63, 3.8) is 0 Å². The summed E-state index contributed by atoms with van der Waals surface area (Å²) >= 11 is 0. The zero-order valence-corrected chi connectivity index (χ0v) is 21.6. The Hall–Kier alpha value is -3.66. The van der Waals surface area contributed by atoms with Gasteiger partial charge in [0.15, 0.2) is 5.75 Å². The number of anilines is 1. The van der Waals surface area contributed by atoms with Gasteiger partial charge in [0.1, 0.15) is 18.2 Å². The molecular formula is C27H35FN4O5. The average molecular weight is 515 g/mol. The number of amidine groups is 1. The number of ether oxygens (including phenoxy) is 3. The van der Waals surface area contributed by atoms with E-state index in [1.165, 1.54) is 12.1 Å². The van der Waals surface area contributed by atoms with Crippen molar-refractivity contribution in [3.05, 3.63) is 53.8 Å². The summed E-state index contributed by atoms with van der Waals surface area (Å²) in [4.78, 5) is 23.0. The minimum absolute atomic E-state index is 0.0126. The molecule has 1 heterocycles. The molecule has 200 valence electrons. The third-order valence-electron chi connectivity index (χ3n) is 5.83. The van der Waals surface area contributed by atoms with Gasteiger partial charge in [0, 0.05) is 76.3 Å². The molecule has 1 amide bonds. The molecular weight excluding hydrogens is 479 g/mol. The molecule has 2 aromatic carbocycles. The molecule has 0 spiro atoms. The molecule has 1 saturated heterocycles. The molecule has 2 aromatic rings. The molecule has 0 atom stereocenters. The van der Waals surface area contributed by atoms with Crippen LogP contribution in [-0.4, -0.2) is 59.1 Å². The SMILES string of the molecule is CNC(=O)CCCN=C(OC)N(C)c1ccc(COc2cc(F)cc(ON=CC3CCOCC3)c2)cc1. The van der Waals surface area contributed by atoms with E-state index in [1.54, 1.807) is 26.4 Å². The first-order valence-corrected chi connectivity index (χ1v) is 12.3. The van der Waals surface area contributed by atoms with Gasteiger partial charge >= 0.3 is 0 Å². The van der Waals surface area contributed by atoms with Gasteiger partial charge in [-0.15, -0.1) is 0 Å². The van der Waals surface area contributed by atoms with Crippen molar-refractivity contribution in [1.29, 1.82) is 0 Å². The Morgan fingerprint density at radius 1 is 1.19 bits per heavy atom. The summed E-state index contributed by atoms with van der Waals surface area (Å²) in [5.74, 6) is 0.453. The number of carbonyl (C=O) groups is 1. The number of hydrogen-bond acceptors (Lipinski definition) is 7. The third kappa shape index (κ3) is 9.38. The van der Waals surface area contributed by atoms with E-state index in [9.17, 15) is 9.18 Å². The van der Waals surface area contributed by atoms with Gasteiger partial charge in [-0.2, -0.15) is 0 Å². The van der Waals surface area contributed by atoms with Crippen molar-refractivity contribution in [3.8, 4) is 11.5 Å². The Morgan fingerprint density at radius 2 is 1.92 bits per heavy atom. The summed E-state index contributed by atoms with van der Waals surface area (Å²) in [6.45, 7) is 2.16. The fourth-order valence-corrected chi connectivity index (χ4v) is 3.66. The highest BCUT2D eigenvalue weighted by Gasteiger charge is 2.12. The molecule has 1 fully saturated rings. The summed E-state index contributed by atoms with van der Waals surface area (Å²) in [5.41, 5.74) is 1.78. The number of nitrogens with one attached hydrogen (secondary N) is 1. The lowest BCUT2D eigenvalue weighted by atomic mass is 10.0. The summed E-state index contributed by atoms with van der Waals surface area (Å²) in [6.07, 6.45) is 4.59. The Balaban J connectivity index is 1.52. The van der Waals surface area contributed by atoms with Crippen LogP contribution in [0.3, 0.4) is 0 Å². The molecule has 0 radical (unpaired) electrons. The Bertz CT molecular complexity index is 1060. The summed E-state index contributed by atoms with van der Waals surface area (Å²) in [6, 6.07) is 12.3. The number of rotatable bonds is 11. The zero-order valence-electron chi connectivity index (χ0n) is 21.6. The first kappa shape index (κ1) is 27.9. The lowest BCUT2D eigenvalue weighted by Crippen LogP contribution is -2.28. The van der Waals surface area contributed by atoms with E-state index in [4.69, 9.17) is 19.0 Å². The van der Waals surface area contributed by atoms with Gasteiger partial charge in [-0.05, 0) is 37.0 Å². The number of oxime groups is 1. The lowest BCUT2D eigenvalue weighted by Gasteiger charge is -2.20. The molecule has 3 rings (SSSR count). The molecule has 0 aromatic heterocycles.